The summed E-state index contributed by atoms with van der Waals surface area (Å²) in [7, 11) is 1.42. The molecule has 1 aromatic carbocycles. The van der Waals surface area contributed by atoms with Crippen LogP contribution in [0.4, 0.5) is 4.79 Å². The lowest BCUT2D eigenvalue weighted by Crippen LogP contribution is -2.18. The topological polar surface area (TPSA) is 75.6 Å². The van der Waals surface area contributed by atoms with E-state index < -0.39 is 11.1 Å². The molecule has 6 heteroatoms. The maximum atomic E-state index is 11.5. The number of hydrogen-bond donors (Lipinski definition) is 2. The van der Waals surface area contributed by atoms with Crippen LogP contribution in [0.1, 0.15) is 5.56 Å². The minimum atomic E-state index is -0.468. The van der Waals surface area contributed by atoms with Crippen LogP contribution >= 0.6 is 11.8 Å². The van der Waals surface area contributed by atoms with E-state index in [2.05, 4.69) is 5.32 Å². The number of rotatable bonds is 2. The first kappa shape index (κ1) is 11.5. The highest BCUT2D eigenvalue weighted by molar-refractivity contribution is 8.18. The normalized spacial score (nSPS) is 17.9. The van der Waals surface area contributed by atoms with Crippen molar-refractivity contribution in [2.24, 2.45) is 0 Å². The largest absolute Gasteiger partial charge is 0.508 e. The zero-order valence-corrected chi connectivity index (χ0v) is 9.71. The van der Waals surface area contributed by atoms with E-state index >= 15 is 0 Å². The molecule has 0 aromatic heterocycles. The second-order valence-electron chi connectivity index (χ2n) is 3.25. The average Bonchev–Trinajstić information content (AvgIpc) is 2.62. The highest BCUT2D eigenvalue weighted by Gasteiger charge is 2.30. The van der Waals surface area contributed by atoms with Crippen LogP contribution in [0.15, 0.2) is 29.2 Å². The third kappa shape index (κ3) is 2.26. The van der Waals surface area contributed by atoms with Crippen LogP contribution in [0.2, 0.25) is 0 Å². The number of methoxy groups -OCH3 is 1. The molecule has 1 heterocycles. The lowest BCUT2D eigenvalue weighted by Gasteiger charge is -2.07. The molecule has 1 aliphatic rings. The van der Waals surface area contributed by atoms with Crippen LogP contribution in [0.25, 0.3) is 5.76 Å². The van der Waals surface area contributed by atoms with Gasteiger partial charge in [0.05, 0.1) is 7.11 Å². The minimum absolute atomic E-state index is 0.119. The van der Waals surface area contributed by atoms with Crippen LogP contribution in [0.5, 0.6) is 5.75 Å². The third-order valence-corrected chi connectivity index (χ3v) is 3.02. The number of phenols is 1. The van der Waals surface area contributed by atoms with Crippen LogP contribution in [0.3, 0.4) is 0 Å². The second-order valence-corrected chi connectivity index (χ2v) is 4.24. The number of hydrogen-bond acceptors (Lipinski definition) is 5. The van der Waals surface area contributed by atoms with Gasteiger partial charge in [-0.05, 0) is 36.0 Å². The van der Waals surface area contributed by atoms with Crippen molar-refractivity contribution in [2.45, 2.75) is 0 Å². The second kappa shape index (κ2) is 4.50. The summed E-state index contributed by atoms with van der Waals surface area (Å²) < 4.78 is 5.14. The van der Waals surface area contributed by atoms with Crippen molar-refractivity contribution >= 4 is 28.7 Å². The number of ether oxygens (including phenoxy) is 1. The fourth-order valence-corrected chi connectivity index (χ4v) is 2.18. The predicted octanol–water partition coefficient (Wildman–Crippen LogP) is 1.69. The summed E-state index contributed by atoms with van der Waals surface area (Å²) >= 11 is 0.798. The Labute approximate surface area is 101 Å². The molecule has 1 fully saturated rings. The van der Waals surface area contributed by atoms with E-state index in [0.29, 0.717) is 11.3 Å². The predicted molar refractivity (Wildman–Crippen MR) is 63.2 cm³/mol. The van der Waals surface area contributed by atoms with E-state index in [0.717, 1.165) is 11.8 Å². The van der Waals surface area contributed by atoms with Gasteiger partial charge in [0.15, 0.2) is 0 Å². The number of benzene rings is 1. The summed E-state index contributed by atoms with van der Waals surface area (Å²) in [6, 6.07) is 6.18. The molecule has 0 saturated carbocycles. The molecule has 5 nitrogen and oxygen atoms in total. The summed E-state index contributed by atoms with van der Waals surface area (Å²) in [6.07, 6.45) is 0. The van der Waals surface area contributed by atoms with Crippen molar-refractivity contribution in [1.82, 2.24) is 5.32 Å². The number of amides is 2. The van der Waals surface area contributed by atoms with E-state index in [9.17, 15) is 14.7 Å². The van der Waals surface area contributed by atoms with Gasteiger partial charge in [0, 0.05) is 5.56 Å². The lowest BCUT2D eigenvalue weighted by molar-refractivity contribution is -0.115. The summed E-state index contributed by atoms with van der Waals surface area (Å²) in [5.41, 5.74) is 0.623. The monoisotopic (exact) mass is 251 g/mol. The Morgan fingerprint density at radius 1 is 1.29 bits per heavy atom. The van der Waals surface area contributed by atoms with Gasteiger partial charge in [-0.25, -0.2) is 0 Å². The van der Waals surface area contributed by atoms with Gasteiger partial charge in [-0.3, -0.25) is 14.9 Å². The fourth-order valence-electron chi connectivity index (χ4n) is 1.42. The standard InChI is InChI=1S/C11H9NO4S/c1-16-8(6-2-4-7(13)5-3-6)9-10(14)12-11(15)17-9/h2-5,13H,1H3,(H,12,14,15)/b9-8-. The molecule has 2 amide bonds. The van der Waals surface area contributed by atoms with Gasteiger partial charge in [0.1, 0.15) is 16.4 Å². The third-order valence-electron chi connectivity index (χ3n) is 2.16. The number of phenolic OH excluding ortho intramolecular Hbond substituents is 1. The first-order valence-corrected chi connectivity index (χ1v) is 5.54. The van der Waals surface area contributed by atoms with Crippen molar-refractivity contribution in [3.05, 3.63) is 34.7 Å². The highest BCUT2D eigenvalue weighted by Crippen LogP contribution is 2.32. The van der Waals surface area contributed by atoms with E-state index in [1.807, 2.05) is 0 Å². The summed E-state index contributed by atoms with van der Waals surface area (Å²) in [5.74, 6) is -0.0305. The zero-order valence-electron chi connectivity index (χ0n) is 8.89. The van der Waals surface area contributed by atoms with Gasteiger partial charge in [-0.1, -0.05) is 0 Å². The Kier molecular flexibility index (Phi) is 3.06. The number of carbonyl (C=O) groups excluding carboxylic acids is 2. The Morgan fingerprint density at radius 2 is 1.94 bits per heavy atom. The van der Waals surface area contributed by atoms with Crippen molar-refractivity contribution in [3.63, 3.8) is 0 Å². The molecule has 1 aromatic rings. The van der Waals surface area contributed by atoms with E-state index in [1.165, 1.54) is 19.2 Å². The van der Waals surface area contributed by atoms with Crippen molar-refractivity contribution < 1.29 is 19.4 Å². The SMILES string of the molecule is CO/C(=C1\SC(=O)NC1=O)c1ccc(O)cc1. The van der Waals surface area contributed by atoms with E-state index in [-0.39, 0.29) is 10.7 Å². The molecule has 0 unspecified atom stereocenters. The average molecular weight is 251 g/mol. The quantitative estimate of drug-likeness (QED) is 0.618. The molecule has 2 N–H and O–H groups in total. The Balaban J connectivity index is 2.46. The summed E-state index contributed by atoms with van der Waals surface area (Å²) in [5, 5.41) is 10.9. The van der Waals surface area contributed by atoms with Crippen LogP contribution < -0.4 is 5.32 Å². The van der Waals surface area contributed by atoms with Crippen molar-refractivity contribution in [3.8, 4) is 5.75 Å². The van der Waals surface area contributed by atoms with Crippen LogP contribution in [-0.2, 0) is 9.53 Å². The first-order chi connectivity index (χ1) is 8.11. The molecule has 2 rings (SSSR count). The van der Waals surface area contributed by atoms with Crippen molar-refractivity contribution in [1.29, 1.82) is 0 Å². The highest BCUT2D eigenvalue weighted by atomic mass is 32.2. The molecule has 0 bridgehead atoms. The number of imide groups is 1. The lowest BCUT2D eigenvalue weighted by atomic mass is 10.1. The molecule has 17 heavy (non-hydrogen) atoms. The van der Waals surface area contributed by atoms with Gasteiger partial charge >= 0.3 is 0 Å². The maximum absolute atomic E-state index is 11.5. The molecular formula is C11H9NO4S. The van der Waals surface area contributed by atoms with Crippen molar-refractivity contribution in [2.75, 3.05) is 7.11 Å². The summed E-state index contributed by atoms with van der Waals surface area (Å²) in [4.78, 5) is 22.8. The van der Waals surface area contributed by atoms with Crippen LogP contribution in [-0.4, -0.2) is 23.4 Å². The smallest absolute Gasteiger partial charge is 0.291 e. The molecular weight excluding hydrogens is 242 g/mol. The first-order valence-electron chi connectivity index (χ1n) is 4.72. The van der Waals surface area contributed by atoms with Gasteiger partial charge in [0.25, 0.3) is 11.1 Å². The number of thioether (sulfide) groups is 1. The van der Waals surface area contributed by atoms with E-state index in [4.69, 9.17) is 4.74 Å². The fraction of sp³-hybridized carbons (Fsp3) is 0.0909. The molecule has 1 aliphatic heterocycles. The Morgan fingerprint density at radius 3 is 2.41 bits per heavy atom. The molecule has 1 saturated heterocycles. The van der Waals surface area contributed by atoms with Gasteiger partial charge < -0.3 is 9.84 Å². The van der Waals surface area contributed by atoms with Gasteiger partial charge in [-0.2, -0.15) is 0 Å². The maximum Gasteiger partial charge on any atom is 0.291 e. The molecule has 88 valence electrons. The molecule has 0 atom stereocenters. The van der Waals surface area contributed by atoms with Crippen LogP contribution in [0, 0.1) is 0 Å². The van der Waals surface area contributed by atoms with Gasteiger partial charge in [0.2, 0.25) is 0 Å². The van der Waals surface area contributed by atoms with Gasteiger partial charge in [-0.15, -0.1) is 0 Å². The Bertz CT molecular complexity index is 507. The minimum Gasteiger partial charge on any atom is -0.508 e. The summed E-state index contributed by atoms with van der Waals surface area (Å²) in [6.45, 7) is 0. The molecule has 0 radical (unpaired) electrons. The number of carbonyl (C=O) groups is 2. The molecule has 0 spiro atoms. The number of aromatic hydroxyl groups is 1. The number of nitrogens with one attached hydrogen (secondary N) is 1. The molecule has 0 aliphatic carbocycles. The zero-order chi connectivity index (χ0) is 12.4. The Hall–Kier alpha value is -1.95. The van der Waals surface area contributed by atoms with E-state index in [1.54, 1.807) is 12.1 Å².